The van der Waals surface area contributed by atoms with Crippen molar-refractivity contribution in [2.24, 2.45) is 10.9 Å². The summed E-state index contributed by atoms with van der Waals surface area (Å²) in [6, 6.07) is 17.8. The van der Waals surface area contributed by atoms with Gasteiger partial charge in [0.15, 0.2) is 5.96 Å². The number of ether oxygens (including phenoxy) is 1. The molecule has 0 aliphatic heterocycles. The molecule has 0 saturated heterocycles. The first-order valence-corrected chi connectivity index (χ1v) is 10.8. The molecule has 3 rings (SSSR count). The van der Waals surface area contributed by atoms with E-state index in [9.17, 15) is 4.79 Å². The summed E-state index contributed by atoms with van der Waals surface area (Å²) in [7, 11) is 1.76. The monoisotopic (exact) mass is 408 g/mol. The molecule has 0 atom stereocenters. The van der Waals surface area contributed by atoms with Crippen molar-refractivity contribution in [3.63, 3.8) is 0 Å². The van der Waals surface area contributed by atoms with Gasteiger partial charge in [0.05, 0.1) is 6.61 Å². The molecule has 6 heteroatoms. The van der Waals surface area contributed by atoms with E-state index in [0.29, 0.717) is 13.2 Å². The SMILES string of the molecule is CN=C(NCCCOc1ccccc1)NCc1cccc(NC(=O)C2CCCC2)c1. The number of nitrogens with one attached hydrogen (secondary N) is 3. The lowest BCUT2D eigenvalue weighted by atomic mass is 10.1. The predicted octanol–water partition coefficient (Wildman–Crippen LogP) is 3.95. The highest BCUT2D eigenvalue weighted by molar-refractivity contribution is 5.92. The van der Waals surface area contributed by atoms with Gasteiger partial charge in [-0.1, -0.05) is 43.2 Å². The van der Waals surface area contributed by atoms with Crippen LogP contribution in [0.2, 0.25) is 0 Å². The lowest BCUT2D eigenvalue weighted by Crippen LogP contribution is -2.37. The normalized spacial score (nSPS) is 14.4. The quantitative estimate of drug-likeness (QED) is 0.334. The van der Waals surface area contributed by atoms with E-state index in [1.54, 1.807) is 7.05 Å². The summed E-state index contributed by atoms with van der Waals surface area (Å²) in [4.78, 5) is 16.6. The first-order valence-electron chi connectivity index (χ1n) is 10.8. The van der Waals surface area contributed by atoms with Gasteiger partial charge in [-0.25, -0.2) is 0 Å². The number of carbonyl (C=O) groups excluding carboxylic acids is 1. The van der Waals surface area contributed by atoms with Gasteiger partial charge in [-0.05, 0) is 49.1 Å². The lowest BCUT2D eigenvalue weighted by molar-refractivity contribution is -0.119. The Hall–Kier alpha value is -3.02. The van der Waals surface area contributed by atoms with Gasteiger partial charge >= 0.3 is 0 Å². The van der Waals surface area contributed by atoms with Crippen molar-refractivity contribution in [3.05, 3.63) is 60.2 Å². The number of rotatable bonds is 9. The molecule has 0 spiro atoms. The average molecular weight is 409 g/mol. The first-order chi connectivity index (χ1) is 14.7. The number of aliphatic imine (C=N–C) groups is 1. The molecule has 6 nitrogen and oxygen atoms in total. The van der Waals surface area contributed by atoms with Crippen molar-refractivity contribution in [2.45, 2.75) is 38.6 Å². The molecular weight excluding hydrogens is 376 g/mol. The molecule has 2 aromatic rings. The van der Waals surface area contributed by atoms with Crippen LogP contribution < -0.4 is 20.7 Å². The molecule has 30 heavy (non-hydrogen) atoms. The minimum atomic E-state index is 0.146. The number of amides is 1. The number of hydrogen-bond acceptors (Lipinski definition) is 3. The molecule has 2 aromatic carbocycles. The molecule has 160 valence electrons. The molecule has 0 aromatic heterocycles. The molecule has 0 unspecified atom stereocenters. The fraction of sp³-hybridized carbons (Fsp3) is 0.417. The molecule has 3 N–H and O–H groups in total. The maximum absolute atomic E-state index is 12.3. The Morgan fingerprint density at radius 2 is 1.87 bits per heavy atom. The fourth-order valence-electron chi connectivity index (χ4n) is 3.58. The number of carbonyl (C=O) groups is 1. The van der Waals surface area contributed by atoms with E-state index in [4.69, 9.17) is 4.74 Å². The van der Waals surface area contributed by atoms with Crippen LogP contribution in [0.3, 0.4) is 0 Å². The number of anilines is 1. The molecule has 1 fully saturated rings. The van der Waals surface area contributed by atoms with E-state index in [1.807, 2.05) is 54.6 Å². The molecule has 1 amide bonds. The van der Waals surface area contributed by atoms with Crippen molar-refractivity contribution < 1.29 is 9.53 Å². The predicted molar refractivity (Wildman–Crippen MR) is 122 cm³/mol. The van der Waals surface area contributed by atoms with Crippen molar-refractivity contribution in [2.75, 3.05) is 25.5 Å². The minimum absolute atomic E-state index is 0.146. The third-order valence-electron chi connectivity index (χ3n) is 5.23. The molecule has 0 heterocycles. The standard InChI is InChI=1S/C24H32N4O2/c1-25-24(26-15-8-16-30-22-13-3-2-4-14-22)27-18-19-9-7-12-21(17-19)28-23(29)20-10-5-6-11-20/h2-4,7,9,12-14,17,20H,5-6,8,10-11,15-16,18H2,1H3,(H,28,29)(H2,25,26,27). The summed E-state index contributed by atoms with van der Waals surface area (Å²) in [6.45, 7) is 2.05. The average Bonchev–Trinajstić information content (AvgIpc) is 3.32. The van der Waals surface area contributed by atoms with Crippen LogP contribution in [-0.2, 0) is 11.3 Å². The van der Waals surface area contributed by atoms with Crippen molar-refractivity contribution in [1.29, 1.82) is 0 Å². The number of benzene rings is 2. The highest BCUT2D eigenvalue weighted by Crippen LogP contribution is 2.26. The van der Waals surface area contributed by atoms with Gasteiger partial charge in [0, 0.05) is 31.7 Å². The third-order valence-corrected chi connectivity index (χ3v) is 5.23. The molecule has 1 aliphatic carbocycles. The topological polar surface area (TPSA) is 74.8 Å². The Bertz CT molecular complexity index is 817. The van der Waals surface area contributed by atoms with Gasteiger partial charge in [-0.2, -0.15) is 0 Å². The second kappa shape index (κ2) is 11.9. The van der Waals surface area contributed by atoms with Gasteiger partial charge in [0.25, 0.3) is 0 Å². The second-order valence-electron chi connectivity index (χ2n) is 7.54. The Balaban J connectivity index is 1.37. The van der Waals surface area contributed by atoms with Crippen LogP contribution in [0.1, 0.15) is 37.7 Å². The second-order valence-corrected chi connectivity index (χ2v) is 7.54. The summed E-state index contributed by atoms with van der Waals surface area (Å²) < 4.78 is 5.70. The lowest BCUT2D eigenvalue weighted by Gasteiger charge is -2.14. The van der Waals surface area contributed by atoms with Crippen molar-refractivity contribution in [1.82, 2.24) is 10.6 Å². The van der Waals surface area contributed by atoms with E-state index >= 15 is 0 Å². The number of hydrogen-bond donors (Lipinski definition) is 3. The number of para-hydroxylation sites is 1. The van der Waals surface area contributed by atoms with Gasteiger partial charge < -0.3 is 20.7 Å². The van der Waals surface area contributed by atoms with E-state index in [2.05, 4.69) is 20.9 Å². The van der Waals surface area contributed by atoms with Crippen LogP contribution >= 0.6 is 0 Å². The number of guanidine groups is 1. The Kier molecular flexibility index (Phi) is 8.57. The maximum Gasteiger partial charge on any atom is 0.227 e. The fourth-order valence-corrected chi connectivity index (χ4v) is 3.58. The smallest absolute Gasteiger partial charge is 0.227 e. The molecule has 0 radical (unpaired) electrons. The van der Waals surface area contributed by atoms with Crippen LogP contribution in [0.25, 0.3) is 0 Å². The largest absolute Gasteiger partial charge is 0.494 e. The summed E-state index contributed by atoms with van der Waals surface area (Å²) in [5.41, 5.74) is 1.95. The molecule has 1 saturated carbocycles. The van der Waals surface area contributed by atoms with Crippen LogP contribution in [-0.4, -0.2) is 32.1 Å². The summed E-state index contributed by atoms with van der Waals surface area (Å²) in [5.74, 6) is 1.95. The van der Waals surface area contributed by atoms with Crippen LogP contribution in [0.5, 0.6) is 5.75 Å². The highest BCUT2D eigenvalue weighted by Gasteiger charge is 2.22. The van der Waals surface area contributed by atoms with E-state index in [-0.39, 0.29) is 11.8 Å². The summed E-state index contributed by atoms with van der Waals surface area (Å²) in [6.07, 6.45) is 5.20. The van der Waals surface area contributed by atoms with Gasteiger partial charge in [0.2, 0.25) is 5.91 Å². The van der Waals surface area contributed by atoms with Crippen LogP contribution in [0, 0.1) is 5.92 Å². The maximum atomic E-state index is 12.3. The van der Waals surface area contributed by atoms with Gasteiger partial charge in [-0.15, -0.1) is 0 Å². The van der Waals surface area contributed by atoms with E-state index in [0.717, 1.165) is 61.6 Å². The zero-order valence-corrected chi connectivity index (χ0v) is 17.7. The molecule has 0 bridgehead atoms. The highest BCUT2D eigenvalue weighted by atomic mass is 16.5. The minimum Gasteiger partial charge on any atom is -0.494 e. The van der Waals surface area contributed by atoms with Crippen LogP contribution in [0.15, 0.2) is 59.6 Å². The summed E-state index contributed by atoms with van der Waals surface area (Å²) in [5, 5.41) is 9.68. The zero-order chi connectivity index (χ0) is 21.0. The molecule has 1 aliphatic rings. The Morgan fingerprint density at radius 3 is 2.63 bits per heavy atom. The third kappa shape index (κ3) is 7.10. The molecular formula is C24H32N4O2. The Labute approximate surface area is 179 Å². The first kappa shape index (κ1) is 21.7. The van der Waals surface area contributed by atoms with Gasteiger partial charge in [-0.3, -0.25) is 9.79 Å². The van der Waals surface area contributed by atoms with Crippen molar-refractivity contribution in [3.8, 4) is 5.75 Å². The summed E-state index contributed by atoms with van der Waals surface area (Å²) >= 11 is 0. The van der Waals surface area contributed by atoms with Crippen molar-refractivity contribution >= 4 is 17.6 Å². The van der Waals surface area contributed by atoms with E-state index in [1.165, 1.54) is 0 Å². The number of nitrogens with zero attached hydrogens (tertiary/aromatic N) is 1. The zero-order valence-electron chi connectivity index (χ0n) is 17.7. The van der Waals surface area contributed by atoms with Gasteiger partial charge in [0.1, 0.15) is 5.75 Å². The Morgan fingerprint density at radius 1 is 1.07 bits per heavy atom. The van der Waals surface area contributed by atoms with E-state index < -0.39 is 0 Å². The van der Waals surface area contributed by atoms with Crippen LogP contribution in [0.4, 0.5) is 5.69 Å².